The minimum absolute atomic E-state index is 0.0322. The second-order valence-electron chi connectivity index (χ2n) is 17.8. The third kappa shape index (κ3) is 21.2. The van der Waals surface area contributed by atoms with Crippen molar-refractivity contribution in [1.82, 2.24) is 4.90 Å². The highest BCUT2D eigenvalue weighted by atomic mass is 32.2. The number of allylic oxidation sites excluding steroid dienone is 5. The smallest absolute Gasteiger partial charge is 0.350 e. The Balaban J connectivity index is 1.44. The summed E-state index contributed by atoms with van der Waals surface area (Å²) >= 11 is 0. The zero-order chi connectivity index (χ0) is 50.1. The highest BCUT2D eigenvalue weighted by Gasteiger charge is 2.29. The van der Waals surface area contributed by atoms with Crippen molar-refractivity contribution in [1.29, 1.82) is 0 Å². The molecule has 0 amide bonds. The summed E-state index contributed by atoms with van der Waals surface area (Å²) in [5.74, 6) is -1.61. The van der Waals surface area contributed by atoms with Gasteiger partial charge in [0.2, 0.25) is 19.7 Å². The second-order valence-corrected chi connectivity index (χ2v) is 21.7. The third-order valence-corrected chi connectivity index (χ3v) is 15.6. The summed E-state index contributed by atoms with van der Waals surface area (Å²) in [4.78, 5) is 28.3. The maximum atomic E-state index is 13.8. The van der Waals surface area contributed by atoms with Crippen LogP contribution in [0, 0.1) is 5.92 Å². The standard InChI is InChI=1S/C59H77NO8S2/c1-3-5-7-9-13-29-47-67-58(61)56(69(63,64)54-39-24-17-25-40-54)43-31-38-52(49-51-34-20-15-21-35-51)33-19-11-12-28-45-60(50-53-36-22-16-23-37-53)46-32-44-57(70(65,66)55-41-26-18-27-42-55)59(62)68-48-30-14-10-8-6-4-2/h15-18,20-27,31-32,34-44,46,52H,3-14,19,28-30,33,45,47-50H2,1-2H3/b38-31+,46-32+,56-43+,57-44+. The van der Waals surface area contributed by atoms with Gasteiger partial charge in [-0.1, -0.05) is 207 Å². The van der Waals surface area contributed by atoms with Gasteiger partial charge in [0.05, 0.1) is 23.0 Å². The van der Waals surface area contributed by atoms with Crippen molar-refractivity contribution in [3.63, 3.8) is 0 Å². The molecule has 0 bridgehead atoms. The first-order valence-electron chi connectivity index (χ1n) is 25.6. The average molecular weight is 992 g/mol. The van der Waals surface area contributed by atoms with Crippen molar-refractivity contribution in [3.8, 4) is 0 Å². The normalized spacial score (nSPS) is 12.9. The molecule has 0 saturated carbocycles. The van der Waals surface area contributed by atoms with Crippen molar-refractivity contribution >= 4 is 31.6 Å². The fourth-order valence-electron chi connectivity index (χ4n) is 8.06. The van der Waals surface area contributed by atoms with E-state index in [1.54, 1.807) is 48.6 Å². The van der Waals surface area contributed by atoms with Crippen LogP contribution in [-0.4, -0.2) is 53.4 Å². The van der Waals surface area contributed by atoms with Crippen LogP contribution in [0.3, 0.4) is 0 Å². The van der Waals surface area contributed by atoms with Crippen molar-refractivity contribution < 1.29 is 35.9 Å². The van der Waals surface area contributed by atoms with E-state index in [0.29, 0.717) is 25.9 Å². The minimum Gasteiger partial charge on any atom is -0.462 e. The van der Waals surface area contributed by atoms with Crippen LogP contribution >= 0.6 is 0 Å². The largest absolute Gasteiger partial charge is 0.462 e. The summed E-state index contributed by atoms with van der Waals surface area (Å²) in [6.45, 7) is 5.95. The molecule has 0 saturated heterocycles. The Kier molecular flexibility index (Phi) is 27.0. The van der Waals surface area contributed by atoms with E-state index in [1.165, 1.54) is 54.8 Å². The van der Waals surface area contributed by atoms with E-state index in [-0.39, 0.29) is 33.8 Å². The molecule has 4 rings (SSSR count). The summed E-state index contributed by atoms with van der Waals surface area (Å²) in [6, 6.07) is 36.2. The molecule has 4 aromatic carbocycles. The van der Waals surface area contributed by atoms with Gasteiger partial charge in [-0.15, -0.1) is 0 Å². The number of hydrogen-bond donors (Lipinski definition) is 0. The molecule has 0 fully saturated rings. The molecule has 0 spiro atoms. The van der Waals surface area contributed by atoms with Crippen LogP contribution in [0.5, 0.6) is 0 Å². The number of carbonyl (C=O) groups excluding carboxylic acids is 2. The number of esters is 2. The van der Waals surface area contributed by atoms with Crippen LogP contribution in [-0.2, 0) is 51.7 Å². The van der Waals surface area contributed by atoms with Crippen LogP contribution in [0.2, 0.25) is 0 Å². The van der Waals surface area contributed by atoms with Crippen LogP contribution < -0.4 is 0 Å². The molecule has 0 N–H and O–H groups in total. The molecule has 378 valence electrons. The SMILES string of the molecule is CCCCCCCCOC(=O)/C(=C\C=C\C(CCCCCCN(/C=C/C=C(\C(=O)OCCCCCCCC)S(=O)(=O)c1ccccc1)Cc1ccccc1)Cc1ccccc1)S(=O)(=O)c1ccccc1. The maximum absolute atomic E-state index is 13.8. The topological polar surface area (TPSA) is 124 Å². The molecule has 11 heteroatoms. The third-order valence-electron chi connectivity index (χ3n) is 12.1. The Bertz CT molecular complexity index is 2260. The van der Waals surface area contributed by atoms with Gasteiger partial charge in [0, 0.05) is 13.1 Å². The molecule has 0 aliphatic heterocycles. The van der Waals surface area contributed by atoms with Gasteiger partial charge in [-0.2, -0.15) is 0 Å². The predicted octanol–water partition coefficient (Wildman–Crippen LogP) is 13.9. The Hall–Kier alpha value is -5.52. The predicted molar refractivity (Wildman–Crippen MR) is 284 cm³/mol. The maximum Gasteiger partial charge on any atom is 0.350 e. The molecule has 1 atom stereocenters. The van der Waals surface area contributed by atoms with Gasteiger partial charge >= 0.3 is 11.9 Å². The van der Waals surface area contributed by atoms with E-state index in [0.717, 1.165) is 95.5 Å². The molecule has 0 aromatic heterocycles. The van der Waals surface area contributed by atoms with Crippen molar-refractivity contribution in [2.45, 2.75) is 146 Å². The van der Waals surface area contributed by atoms with Gasteiger partial charge in [0.15, 0.2) is 9.81 Å². The summed E-state index contributed by atoms with van der Waals surface area (Å²) in [7, 11) is -8.28. The summed E-state index contributed by atoms with van der Waals surface area (Å²) in [5, 5.41) is 0. The first-order chi connectivity index (χ1) is 34.1. The van der Waals surface area contributed by atoms with E-state index in [2.05, 4.69) is 43.0 Å². The van der Waals surface area contributed by atoms with Crippen LogP contribution in [0.15, 0.2) is 178 Å². The lowest BCUT2D eigenvalue weighted by atomic mass is 9.93. The second kappa shape index (κ2) is 33.1. The number of rotatable bonds is 35. The minimum atomic E-state index is -4.15. The molecule has 4 aromatic rings. The molecule has 0 aliphatic carbocycles. The van der Waals surface area contributed by atoms with E-state index in [1.807, 2.05) is 48.7 Å². The number of unbranched alkanes of at least 4 members (excludes halogenated alkanes) is 13. The molecular weight excluding hydrogens is 915 g/mol. The average Bonchev–Trinajstić information content (AvgIpc) is 3.37. The van der Waals surface area contributed by atoms with E-state index >= 15 is 0 Å². The number of carbonyl (C=O) groups is 2. The molecule has 9 nitrogen and oxygen atoms in total. The fraction of sp³-hybridized carbons (Fsp3) is 0.424. The van der Waals surface area contributed by atoms with Crippen molar-refractivity contribution in [2.75, 3.05) is 19.8 Å². The fourth-order valence-corrected chi connectivity index (χ4v) is 10.7. The van der Waals surface area contributed by atoms with Crippen molar-refractivity contribution in [2.24, 2.45) is 5.92 Å². The summed E-state index contributed by atoms with van der Waals surface area (Å²) in [5.41, 5.74) is 2.27. The molecule has 1 unspecified atom stereocenters. The van der Waals surface area contributed by atoms with Crippen molar-refractivity contribution in [3.05, 3.63) is 179 Å². The quantitative estimate of drug-likeness (QED) is 0.0192. The molecule has 0 radical (unpaired) electrons. The number of benzene rings is 4. The lowest BCUT2D eigenvalue weighted by molar-refractivity contribution is -0.139. The lowest BCUT2D eigenvalue weighted by Crippen LogP contribution is -2.19. The molecule has 0 heterocycles. The molecular formula is C59H77NO8S2. The Morgan fingerprint density at radius 3 is 1.41 bits per heavy atom. The number of ether oxygens (including phenoxy) is 2. The Morgan fingerprint density at radius 1 is 0.500 bits per heavy atom. The van der Waals surface area contributed by atoms with Crippen LogP contribution in [0.1, 0.15) is 134 Å². The molecule has 0 aliphatic rings. The first kappa shape index (κ1) is 57.1. The van der Waals surface area contributed by atoms with Gasteiger partial charge in [-0.25, -0.2) is 26.4 Å². The monoisotopic (exact) mass is 992 g/mol. The molecule has 70 heavy (non-hydrogen) atoms. The van der Waals surface area contributed by atoms with E-state index in [9.17, 15) is 26.4 Å². The Labute approximate surface area is 420 Å². The van der Waals surface area contributed by atoms with Gasteiger partial charge in [0.1, 0.15) is 0 Å². The number of hydrogen-bond acceptors (Lipinski definition) is 9. The van der Waals surface area contributed by atoms with Crippen LogP contribution in [0.25, 0.3) is 0 Å². The highest BCUT2D eigenvalue weighted by Crippen LogP contribution is 2.24. The van der Waals surface area contributed by atoms with Gasteiger partial charge in [-0.05, 0) is 97.8 Å². The summed E-state index contributed by atoms with van der Waals surface area (Å²) in [6.07, 6.45) is 27.4. The van der Waals surface area contributed by atoms with Crippen LogP contribution in [0.4, 0.5) is 0 Å². The summed E-state index contributed by atoms with van der Waals surface area (Å²) < 4.78 is 66.3. The number of sulfone groups is 2. The van der Waals surface area contributed by atoms with E-state index < -0.39 is 36.5 Å². The van der Waals surface area contributed by atoms with Gasteiger partial charge in [0.25, 0.3) is 0 Å². The first-order valence-corrected chi connectivity index (χ1v) is 28.6. The van der Waals surface area contributed by atoms with Gasteiger partial charge in [-0.3, -0.25) is 0 Å². The van der Waals surface area contributed by atoms with Gasteiger partial charge < -0.3 is 14.4 Å². The lowest BCUT2D eigenvalue weighted by Gasteiger charge is -2.21. The zero-order valence-electron chi connectivity index (χ0n) is 41.7. The Morgan fingerprint density at radius 2 is 0.914 bits per heavy atom. The van der Waals surface area contributed by atoms with E-state index in [4.69, 9.17) is 9.47 Å². The number of nitrogens with zero attached hydrogens (tertiary/aromatic N) is 1. The highest BCUT2D eigenvalue weighted by molar-refractivity contribution is 7.96. The zero-order valence-corrected chi connectivity index (χ0v) is 43.3.